The third-order valence-corrected chi connectivity index (χ3v) is 3.98. The van der Waals surface area contributed by atoms with Crippen molar-refractivity contribution in [2.45, 2.75) is 84.5 Å². The number of aliphatic carboxylic acids is 1. The van der Waals surface area contributed by atoms with Crippen LogP contribution in [-0.2, 0) is 19.1 Å². The lowest BCUT2D eigenvalue weighted by molar-refractivity contribution is -0.154. The summed E-state index contributed by atoms with van der Waals surface area (Å²) in [7, 11) is 0. The molecule has 1 amide bonds. The van der Waals surface area contributed by atoms with Crippen molar-refractivity contribution in [1.82, 2.24) is 5.32 Å². The van der Waals surface area contributed by atoms with E-state index >= 15 is 0 Å². The van der Waals surface area contributed by atoms with Crippen molar-refractivity contribution in [3.8, 4) is 0 Å². The number of alkyl carbamates (subject to hydrolysis) is 1. The molecule has 7 nitrogen and oxygen atoms in total. The van der Waals surface area contributed by atoms with E-state index < -0.39 is 29.3 Å². The average Bonchev–Trinajstić information content (AvgIpc) is 2.40. The number of carbonyl (C=O) groups is 3. The maximum absolute atomic E-state index is 11.7. The molecule has 0 bridgehead atoms. The SMILES string of the molecule is CC(C)(C)OC(=O)CCCCSCCC(NC(=O)OC(C)(C)C)C(=O)O. The smallest absolute Gasteiger partial charge is 0.408 e. The van der Waals surface area contributed by atoms with Gasteiger partial charge in [-0.2, -0.15) is 11.8 Å². The number of carbonyl (C=O) groups excluding carboxylic acids is 2. The van der Waals surface area contributed by atoms with Crippen LogP contribution in [0.1, 0.15) is 67.2 Å². The molecule has 26 heavy (non-hydrogen) atoms. The maximum Gasteiger partial charge on any atom is 0.408 e. The maximum atomic E-state index is 11.7. The van der Waals surface area contributed by atoms with Gasteiger partial charge in [-0.15, -0.1) is 0 Å². The van der Waals surface area contributed by atoms with Crippen molar-refractivity contribution in [3.05, 3.63) is 0 Å². The molecule has 0 saturated carbocycles. The molecule has 0 radical (unpaired) electrons. The van der Waals surface area contributed by atoms with Crippen LogP contribution in [0.2, 0.25) is 0 Å². The normalized spacial score (nSPS) is 13.0. The predicted octanol–water partition coefficient (Wildman–Crippen LogP) is 3.60. The molecule has 152 valence electrons. The molecule has 0 saturated heterocycles. The Morgan fingerprint density at radius 3 is 2.04 bits per heavy atom. The molecule has 1 atom stereocenters. The summed E-state index contributed by atoms with van der Waals surface area (Å²) in [4.78, 5) is 34.5. The van der Waals surface area contributed by atoms with Crippen LogP contribution in [0.25, 0.3) is 0 Å². The van der Waals surface area contributed by atoms with E-state index in [4.69, 9.17) is 9.47 Å². The van der Waals surface area contributed by atoms with Crippen LogP contribution in [0, 0.1) is 0 Å². The highest BCUT2D eigenvalue weighted by atomic mass is 32.2. The monoisotopic (exact) mass is 391 g/mol. The van der Waals surface area contributed by atoms with Crippen molar-refractivity contribution >= 4 is 29.8 Å². The van der Waals surface area contributed by atoms with Gasteiger partial charge in [0.1, 0.15) is 17.2 Å². The second kappa shape index (κ2) is 11.3. The highest BCUT2D eigenvalue weighted by Gasteiger charge is 2.23. The molecular weight excluding hydrogens is 358 g/mol. The summed E-state index contributed by atoms with van der Waals surface area (Å²) in [6.45, 7) is 10.7. The van der Waals surface area contributed by atoms with Gasteiger partial charge >= 0.3 is 18.0 Å². The topological polar surface area (TPSA) is 102 Å². The fourth-order valence-corrected chi connectivity index (χ4v) is 2.89. The second-order valence-electron chi connectivity index (χ2n) is 7.98. The molecular formula is C18H33NO6S. The highest BCUT2D eigenvalue weighted by Crippen LogP contribution is 2.13. The molecule has 8 heteroatoms. The highest BCUT2D eigenvalue weighted by molar-refractivity contribution is 7.99. The lowest BCUT2D eigenvalue weighted by Crippen LogP contribution is -2.43. The molecule has 0 aliphatic carbocycles. The summed E-state index contributed by atoms with van der Waals surface area (Å²) in [6.07, 6.45) is 1.55. The van der Waals surface area contributed by atoms with Gasteiger partial charge in [0.2, 0.25) is 0 Å². The van der Waals surface area contributed by atoms with Crippen LogP contribution in [0.3, 0.4) is 0 Å². The number of hydrogen-bond acceptors (Lipinski definition) is 6. The summed E-state index contributed by atoms with van der Waals surface area (Å²) in [5.74, 6) is 0.136. The molecule has 0 spiro atoms. The van der Waals surface area contributed by atoms with Gasteiger partial charge in [0.05, 0.1) is 0 Å². The minimum absolute atomic E-state index is 0.199. The molecule has 2 N–H and O–H groups in total. The Kier molecular flexibility index (Phi) is 10.7. The van der Waals surface area contributed by atoms with Crippen molar-refractivity contribution in [1.29, 1.82) is 0 Å². The summed E-state index contributed by atoms with van der Waals surface area (Å²) in [5, 5.41) is 11.6. The van der Waals surface area contributed by atoms with E-state index in [1.807, 2.05) is 20.8 Å². The Morgan fingerprint density at radius 2 is 1.54 bits per heavy atom. The molecule has 0 fully saturated rings. The van der Waals surface area contributed by atoms with Gasteiger partial charge in [0, 0.05) is 6.42 Å². The number of thioether (sulfide) groups is 1. The Morgan fingerprint density at radius 1 is 0.962 bits per heavy atom. The van der Waals surface area contributed by atoms with E-state index in [0.717, 1.165) is 18.6 Å². The fourth-order valence-electron chi connectivity index (χ4n) is 1.88. The number of nitrogens with one attached hydrogen (secondary N) is 1. The summed E-state index contributed by atoms with van der Waals surface area (Å²) < 4.78 is 10.3. The van der Waals surface area contributed by atoms with E-state index in [2.05, 4.69) is 5.32 Å². The average molecular weight is 392 g/mol. The molecule has 0 aromatic rings. The summed E-state index contributed by atoms with van der Waals surface area (Å²) in [6, 6.07) is -0.973. The van der Waals surface area contributed by atoms with E-state index in [-0.39, 0.29) is 5.97 Å². The minimum Gasteiger partial charge on any atom is -0.480 e. The molecule has 1 unspecified atom stereocenters. The lowest BCUT2D eigenvalue weighted by Gasteiger charge is -2.22. The van der Waals surface area contributed by atoms with Gasteiger partial charge < -0.3 is 19.9 Å². The first-order valence-corrected chi connectivity index (χ1v) is 9.97. The number of carboxylic acid groups (broad SMARTS) is 1. The molecule has 0 rings (SSSR count). The molecule has 0 aromatic heterocycles. The zero-order valence-corrected chi connectivity index (χ0v) is 17.5. The van der Waals surface area contributed by atoms with Crippen LogP contribution < -0.4 is 5.32 Å². The van der Waals surface area contributed by atoms with E-state index in [1.165, 1.54) is 0 Å². The zero-order chi connectivity index (χ0) is 20.4. The van der Waals surface area contributed by atoms with E-state index in [9.17, 15) is 19.5 Å². The lowest BCUT2D eigenvalue weighted by atomic mass is 10.2. The second-order valence-corrected chi connectivity index (χ2v) is 9.21. The standard InChI is InChI=1S/C18H33NO6S/c1-17(2,3)24-14(20)9-7-8-11-26-12-10-13(15(21)22)19-16(23)25-18(4,5)6/h13H,7-12H2,1-6H3,(H,19,23)(H,21,22). The molecule has 0 aliphatic heterocycles. The Balaban J connectivity index is 3.93. The zero-order valence-electron chi connectivity index (χ0n) is 16.7. The Bertz CT molecular complexity index is 467. The van der Waals surface area contributed by atoms with Crippen LogP contribution in [0.5, 0.6) is 0 Å². The molecule has 0 heterocycles. The van der Waals surface area contributed by atoms with Gasteiger partial charge in [-0.3, -0.25) is 4.79 Å². The van der Waals surface area contributed by atoms with Crippen LogP contribution in [0.15, 0.2) is 0 Å². The number of hydrogen-bond donors (Lipinski definition) is 2. The van der Waals surface area contributed by atoms with Gasteiger partial charge in [-0.05, 0) is 72.3 Å². The number of unbranched alkanes of at least 4 members (excludes halogenated alkanes) is 1. The van der Waals surface area contributed by atoms with Crippen LogP contribution in [0.4, 0.5) is 4.79 Å². The van der Waals surface area contributed by atoms with Gasteiger partial charge in [-0.25, -0.2) is 9.59 Å². The third-order valence-electron chi connectivity index (χ3n) is 2.88. The van der Waals surface area contributed by atoms with Gasteiger partial charge in [0.15, 0.2) is 0 Å². The molecule has 0 aromatic carbocycles. The van der Waals surface area contributed by atoms with Crippen molar-refractivity contribution in [3.63, 3.8) is 0 Å². The third kappa shape index (κ3) is 14.9. The van der Waals surface area contributed by atoms with Crippen molar-refractivity contribution in [2.75, 3.05) is 11.5 Å². The number of esters is 1. The molecule has 0 aliphatic rings. The first-order chi connectivity index (χ1) is 11.8. The van der Waals surface area contributed by atoms with Crippen LogP contribution in [-0.4, -0.2) is 51.9 Å². The van der Waals surface area contributed by atoms with Crippen molar-refractivity contribution < 1.29 is 29.0 Å². The number of ether oxygens (including phenoxy) is 2. The number of rotatable bonds is 10. The summed E-state index contributed by atoms with van der Waals surface area (Å²) in [5.41, 5.74) is -1.13. The van der Waals surface area contributed by atoms with Gasteiger partial charge in [-0.1, -0.05) is 0 Å². The quantitative estimate of drug-likeness (QED) is 0.433. The minimum atomic E-state index is -1.08. The number of carboxylic acids is 1. The first kappa shape index (κ1) is 24.6. The summed E-state index contributed by atoms with van der Waals surface area (Å²) >= 11 is 1.60. The fraction of sp³-hybridized carbons (Fsp3) is 0.833. The first-order valence-electron chi connectivity index (χ1n) is 8.82. The van der Waals surface area contributed by atoms with Crippen LogP contribution >= 0.6 is 11.8 Å². The van der Waals surface area contributed by atoms with E-state index in [0.29, 0.717) is 18.6 Å². The predicted molar refractivity (Wildman–Crippen MR) is 102 cm³/mol. The van der Waals surface area contributed by atoms with E-state index in [1.54, 1.807) is 32.5 Å². The number of amides is 1. The Hall–Kier alpha value is -1.44. The Labute approximate surface area is 160 Å². The van der Waals surface area contributed by atoms with Crippen molar-refractivity contribution in [2.24, 2.45) is 0 Å². The largest absolute Gasteiger partial charge is 0.480 e. The van der Waals surface area contributed by atoms with Gasteiger partial charge in [0.25, 0.3) is 0 Å².